The molecule has 0 aliphatic carbocycles. The molecule has 2 aliphatic rings. The van der Waals surface area contributed by atoms with Crippen LogP contribution in [-0.4, -0.2) is 58.8 Å². The summed E-state index contributed by atoms with van der Waals surface area (Å²) in [6.45, 7) is 4.51. The minimum absolute atomic E-state index is 0. The minimum Gasteiger partial charge on any atom is -0.544 e. The summed E-state index contributed by atoms with van der Waals surface area (Å²) in [6, 6.07) is -1.15. The molecule has 13 heteroatoms. The zero-order valence-electron chi connectivity index (χ0n) is 14.7. The van der Waals surface area contributed by atoms with Crippen LogP contribution in [0.5, 0.6) is 0 Å². The molecule has 3 amide bonds. The fourth-order valence-electron chi connectivity index (χ4n) is 2.36. The van der Waals surface area contributed by atoms with Crippen LogP contribution in [0, 0.1) is 0 Å². The van der Waals surface area contributed by atoms with Crippen molar-refractivity contribution in [2.24, 2.45) is 0 Å². The quantitative estimate of drug-likeness (QED) is 0.309. The SMILES string of the molecule is C=C(NC(C)=O)SCC(=O)N[C@H]1CON(C2(C(=O)[O-])CCC(=O)O2)C1=O.[Na+]. The fraction of sp³-hybridized carbons (Fsp3) is 0.500. The molecule has 0 aromatic carbocycles. The monoisotopic (exact) mass is 409 g/mol. The summed E-state index contributed by atoms with van der Waals surface area (Å²) >= 11 is 0.950. The van der Waals surface area contributed by atoms with E-state index in [2.05, 4.69) is 17.2 Å². The van der Waals surface area contributed by atoms with E-state index in [4.69, 9.17) is 9.57 Å². The van der Waals surface area contributed by atoms with Crippen LogP contribution in [0.2, 0.25) is 0 Å². The Labute approximate surface area is 180 Å². The molecular formula is C14H16N3NaO8S. The van der Waals surface area contributed by atoms with Crippen molar-refractivity contribution in [3.05, 3.63) is 11.6 Å². The Bertz CT molecular complexity index is 687. The van der Waals surface area contributed by atoms with Gasteiger partial charge in [-0.05, 0) is 0 Å². The molecule has 1 unspecified atom stereocenters. The van der Waals surface area contributed by atoms with Crippen LogP contribution in [0.25, 0.3) is 0 Å². The molecule has 2 heterocycles. The van der Waals surface area contributed by atoms with E-state index >= 15 is 0 Å². The van der Waals surface area contributed by atoms with Crippen LogP contribution >= 0.6 is 11.8 Å². The molecule has 0 saturated carbocycles. The third-order valence-electron chi connectivity index (χ3n) is 3.49. The summed E-state index contributed by atoms with van der Waals surface area (Å²) < 4.78 is 4.74. The third-order valence-corrected chi connectivity index (χ3v) is 4.35. The second-order valence-electron chi connectivity index (χ2n) is 5.49. The number of carboxylic acid groups (broad SMARTS) is 1. The van der Waals surface area contributed by atoms with Crippen molar-refractivity contribution in [2.75, 3.05) is 12.4 Å². The average Bonchev–Trinajstić information content (AvgIpc) is 3.09. The zero-order valence-corrected chi connectivity index (χ0v) is 17.6. The molecule has 2 N–H and O–H groups in total. The smallest absolute Gasteiger partial charge is 0.544 e. The number of ether oxygens (including phenoxy) is 1. The molecule has 0 spiro atoms. The van der Waals surface area contributed by atoms with Crippen molar-refractivity contribution >= 4 is 41.4 Å². The second-order valence-corrected chi connectivity index (χ2v) is 6.56. The van der Waals surface area contributed by atoms with E-state index in [9.17, 15) is 29.1 Å². The maximum Gasteiger partial charge on any atom is 1.00 e. The predicted octanol–water partition coefficient (Wildman–Crippen LogP) is -5.63. The van der Waals surface area contributed by atoms with Gasteiger partial charge in [-0.3, -0.25) is 24.0 Å². The van der Waals surface area contributed by atoms with E-state index in [-0.39, 0.29) is 65.7 Å². The Morgan fingerprint density at radius 1 is 1.41 bits per heavy atom. The van der Waals surface area contributed by atoms with Gasteiger partial charge in [0.1, 0.15) is 18.6 Å². The molecule has 2 atom stereocenters. The van der Waals surface area contributed by atoms with E-state index in [0.717, 1.165) is 11.8 Å². The maximum absolute atomic E-state index is 12.4. The summed E-state index contributed by atoms with van der Waals surface area (Å²) in [5, 5.41) is 16.9. The summed E-state index contributed by atoms with van der Waals surface area (Å²) in [6.07, 6.45) is -0.521. The zero-order chi connectivity index (χ0) is 19.5. The predicted molar refractivity (Wildman–Crippen MR) is 83.2 cm³/mol. The van der Waals surface area contributed by atoms with Crippen LogP contribution < -0.4 is 45.3 Å². The van der Waals surface area contributed by atoms with Gasteiger partial charge in [-0.25, -0.2) is 0 Å². The number of aliphatic carboxylic acids is 1. The van der Waals surface area contributed by atoms with Gasteiger partial charge in [0.05, 0.1) is 17.2 Å². The Kier molecular flexibility index (Phi) is 8.29. The van der Waals surface area contributed by atoms with Gasteiger partial charge in [-0.2, -0.15) is 5.06 Å². The van der Waals surface area contributed by atoms with Gasteiger partial charge in [-0.15, -0.1) is 0 Å². The van der Waals surface area contributed by atoms with Crippen LogP contribution in [0.3, 0.4) is 0 Å². The van der Waals surface area contributed by atoms with Crippen molar-refractivity contribution in [2.45, 2.75) is 31.5 Å². The van der Waals surface area contributed by atoms with Crippen LogP contribution in [-0.2, 0) is 33.5 Å². The topological polar surface area (TPSA) is 154 Å². The molecule has 0 aromatic heterocycles. The number of hydrogen-bond acceptors (Lipinski definition) is 9. The van der Waals surface area contributed by atoms with Crippen molar-refractivity contribution in [3.8, 4) is 0 Å². The number of carbonyl (C=O) groups excluding carboxylic acids is 5. The van der Waals surface area contributed by atoms with Gasteiger partial charge < -0.3 is 25.3 Å². The van der Waals surface area contributed by atoms with Crippen molar-refractivity contribution in [1.82, 2.24) is 15.7 Å². The molecule has 2 saturated heterocycles. The van der Waals surface area contributed by atoms with Crippen molar-refractivity contribution < 1.29 is 68.2 Å². The molecule has 11 nitrogen and oxygen atoms in total. The number of nitrogens with one attached hydrogen (secondary N) is 2. The van der Waals surface area contributed by atoms with Crippen LogP contribution in [0.15, 0.2) is 11.6 Å². The largest absolute Gasteiger partial charge is 1.00 e. The molecule has 0 radical (unpaired) electrons. The van der Waals surface area contributed by atoms with Gasteiger partial charge in [0.15, 0.2) is 0 Å². The summed E-state index contributed by atoms with van der Waals surface area (Å²) in [4.78, 5) is 62.8. The molecule has 2 rings (SSSR count). The number of esters is 1. The number of thioether (sulfide) groups is 1. The fourth-order valence-corrected chi connectivity index (χ4v) is 2.97. The first-order chi connectivity index (χ1) is 12.2. The first kappa shape index (κ1) is 23.4. The van der Waals surface area contributed by atoms with Gasteiger partial charge in [0.25, 0.3) is 11.6 Å². The number of carbonyl (C=O) groups is 5. The Balaban J connectivity index is 0.00000364. The second kappa shape index (κ2) is 9.55. The minimum atomic E-state index is -2.33. The summed E-state index contributed by atoms with van der Waals surface area (Å²) in [7, 11) is 0. The first-order valence-electron chi connectivity index (χ1n) is 7.44. The molecule has 2 aliphatic heterocycles. The van der Waals surface area contributed by atoms with Crippen LogP contribution in [0.4, 0.5) is 0 Å². The number of hydrogen-bond donors (Lipinski definition) is 2. The number of nitrogens with zero attached hydrogens (tertiary/aromatic N) is 1. The number of hydroxylamine groups is 2. The van der Waals surface area contributed by atoms with E-state index in [1.165, 1.54) is 6.92 Å². The molecule has 142 valence electrons. The van der Waals surface area contributed by atoms with Gasteiger partial charge in [-0.1, -0.05) is 18.3 Å². The van der Waals surface area contributed by atoms with Crippen molar-refractivity contribution in [3.63, 3.8) is 0 Å². The normalized spacial score (nSPS) is 24.0. The van der Waals surface area contributed by atoms with Gasteiger partial charge in [0.2, 0.25) is 11.8 Å². The molecule has 0 bridgehead atoms. The molecule has 0 aromatic rings. The Morgan fingerprint density at radius 3 is 2.59 bits per heavy atom. The standard InChI is InChI=1S/C14H17N3O8S.Na/c1-7(18)15-8(2)26-6-10(19)16-9-5-24-17(12(9)21)14(13(22)23)4-3-11(20)25-14;/h9H,2-6H2,1H3,(H,15,18)(H,16,19)(H,22,23);/q;+1/p-1/t9-,14?;/m0./s1. The number of rotatable bonds is 7. The van der Waals surface area contributed by atoms with Gasteiger partial charge >= 0.3 is 35.5 Å². The average molecular weight is 409 g/mol. The van der Waals surface area contributed by atoms with E-state index in [1.54, 1.807) is 0 Å². The summed E-state index contributed by atoms with van der Waals surface area (Å²) in [5.74, 6) is -4.49. The molecular weight excluding hydrogens is 393 g/mol. The Morgan fingerprint density at radius 2 is 2.07 bits per heavy atom. The van der Waals surface area contributed by atoms with E-state index < -0.39 is 35.5 Å². The van der Waals surface area contributed by atoms with Crippen LogP contribution in [0.1, 0.15) is 19.8 Å². The number of cyclic esters (lactones) is 1. The number of amides is 3. The van der Waals surface area contributed by atoms with Gasteiger partial charge in [0, 0.05) is 13.3 Å². The molecule has 27 heavy (non-hydrogen) atoms. The third kappa shape index (κ3) is 5.45. The molecule has 2 fully saturated rings. The summed E-state index contributed by atoms with van der Waals surface area (Å²) in [5.41, 5.74) is -2.33. The Hall–Kier alpha value is -1.60. The van der Waals surface area contributed by atoms with Crippen molar-refractivity contribution in [1.29, 1.82) is 0 Å². The first-order valence-corrected chi connectivity index (χ1v) is 8.43. The van der Waals surface area contributed by atoms with E-state index in [0.29, 0.717) is 5.06 Å². The number of carboxylic acids is 1. The van der Waals surface area contributed by atoms with E-state index in [1.807, 2.05) is 0 Å². The maximum atomic E-state index is 12.4.